The summed E-state index contributed by atoms with van der Waals surface area (Å²) < 4.78 is 1.11. The van der Waals surface area contributed by atoms with Crippen molar-refractivity contribution in [3.63, 3.8) is 0 Å². The van der Waals surface area contributed by atoms with Crippen LogP contribution in [0.1, 0.15) is 35.8 Å². The molecule has 1 N–H and O–H groups in total. The molecular formula is C15H15ClINOS. The van der Waals surface area contributed by atoms with E-state index in [0.717, 1.165) is 14.0 Å². The van der Waals surface area contributed by atoms with Crippen LogP contribution in [0.15, 0.2) is 35.7 Å². The highest BCUT2D eigenvalue weighted by Gasteiger charge is 2.19. The number of amides is 1. The average molecular weight is 420 g/mol. The lowest BCUT2D eigenvalue weighted by atomic mass is 9.96. The van der Waals surface area contributed by atoms with Crippen molar-refractivity contribution in [3.05, 3.63) is 54.7 Å². The molecule has 2 rings (SSSR count). The molecule has 5 heteroatoms. The van der Waals surface area contributed by atoms with Crippen LogP contribution in [0.25, 0.3) is 0 Å². The maximum Gasteiger partial charge on any atom is 0.252 e. The molecule has 1 heterocycles. The Morgan fingerprint density at radius 3 is 2.45 bits per heavy atom. The zero-order valence-corrected chi connectivity index (χ0v) is 14.9. The highest BCUT2D eigenvalue weighted by Crippen LogP contribution is 2.24. The van der Waals surface area contributed by atoms with Crippen molar-refractivity contribution in [3.8, 4) is 0 Å². The number of thiophene rings is 1. The summed E-state index contributed by atoms with van der Waals surface area (Å²) in [6, 6.07) is 9.52. The van der Waals surface area contributed by atoms with E-state index in [9.17, 15) is 4.79 Å². The van der Waals surface area contributed by atoms with E-state index < -0.39 is 0 Å². The van der Waals surface area contributed by atoms with Gasteiger partial charge in [0.15, 0.2) is 0 Å². The van der Waals surface area contributed by atoms with Gasteiger partial charge in [0.1, 0.15) is 0 Å². The minimum atomic E-state index is -0.0298. The van der Waals surface area contributed by atoms with Crippen molar-refractivity contribution in [2.45, 2.75) is 19.9 Å². The molecule has 0 bridgehead atoms. The van der Waals surface area contributed by atoms with Crippen LogP contribution in [0.2, 0.25) is 5.02 Å². The minimum Gasteiger partial charge on any atom is -0.345 e. The number of rotatable bonds is 4. The quantitative estimate of drug-likeness (QED) is 0.684. The summed E-state index contributed by atoms with van der Waals surface area (Å²) >= 11 is 9.71. The molecule has 106 valence electrons. The fraction of sp³-hybridized carbons (Fsp3) is 0.267. The van der Waals surface area contributed by atoms with Crippen LogP contribution < -0.4 is 5.32 Å². The first-order valence-electron chi connectivity index (χ1n) is 6.27. The van der Waals surface area contributed by atoms with E-state index in [1.165, 1.54) is 0 Å². The molecule has 1 aromatic carbocycles. The molecule has 0 aliphatic carbocycles. The van der Waals surface area contributed by atoms with E-state index >= 15 is 0 Å². The fourth-order valence-electron chi connectivity index (χ4n) is 1.96. The van der Waals surface area contributed by atoms with E-state index in [0.29, 0.717) is 10.9 Å². The molecule has 0 fully saturated rings. The molecule has 1 aromatic heterocycles. The fourth-order valence-corrected chi connectivity index (χ4v) is 3.41. The first-order valence-corrected chi connectivity index (χ1v) is 8.61. The Morgan fingerprint density at radius 2 is 1.95 bits per heavy atom. The van der Waals surface area contributed by atoms with Crippen LogP contribution in [-0.2, 0) is 0 Å². The Bertz CT molecular complexity index is 594. The number of carbonyl (C=O) groups excluding carboxylic acids is 1. The highest BCUT2D eigenvalue weighted by atomic mass is 127. The van der Waals surface area contributed by atoms with E-state index in [-0.39, 0.29) is 11.9 Å². The lowest BCUT2D eigenvalue weighted by Gasteiger charge is -2.22. The summed E-state index contributed by atoms with van der Waals surface area (Å²) in [5.74, 6) is 0.274. The first-order chi connectivity index (χ1) is 9.47. The molecule has 0 saturated carbocycles. The number of halogens is 2. The largest absolute Gasteiger partial charge is 0.345 e. The third-order valence-corrected chi connectivity index (χ3v) is 5.05. The van der Waals surface area contributed by atoms with Crippen molar-refractivity contribution in [2.24, 2.45) is 5.92 Å². The summed E-state index contributed by atoms with van der Waals surface area (Å²) in [6.45, 7) is 4.19. The van der Waals surface area contributed by atoms with Crippen molar-refractivity contribution in [1.29, 1.82) is 0 Å². The van der Waals surface area contributed by atoms with Crippen molar-refractivity contribution >= 4 is 51.4 Å². The number of hydrogen-bond acceptors (Lipinski definition) is 2. The molecule has 0 aliphatic rings. The SMILES string of the molecule is CC(C)C(NC(=O)c1csc(I)c1)c1ccc(Cl)cc1. The Hall–Kier alpha value is -0.590. The predicted molar refractivity (Wildman–Crippen MR) is 93.5 cm³/mol. The topological polar surface area (TPSA) is 29.1 Å². The van der Waals surface area contributed by atoms with Crippen LogP contribution in [0, 0.1) is 8.80 Å². The van der Waals surface area contributed by atoms with Gasteiger partial charge in [0.05, 0.1) is 14.5 Å². The maximum atomic E-state index is 12.3. The number of benzene rings is 1. The lowest BCUT2D eigenvalue weighted by Crippen LogP contribution is -2.31. The van der Waals surface area contributed by atoms with E-state index in [1.54, 1.807) is 11.3 Å². The van der Waals surface area contributed by atoms with Crippen LogP contribution in [0.4, 0.5) is 0 Å². The third kappa shape index (κ3) is 3.96. The maximum absolute atomic E-state index is 12.3. The van der Waals surface area contributed by atoms with Crippen LogP contribution in [0.5, 0.6) is 0 Å². The van der Waals surface area contributed by atoms with Gasteiger partial charge >= 0.3 is 0 Å². The molecule has 0 saturated heterocycles. The van der Waals surface area contributed by atoms with Gasteiger partial charge in [0.2, 0.25) is 0 Å². The summed E-state index contributed by atoms with van der Waals surface area (Å²) in [4.78, 5) is 12.3. The van der Waals surface area contributed by atoms with Gasteiger partial charge < -0.3 is 5.32 Å². The van der Waals surface area contributed by atoms with Crippen molar-refractivity contribution in [2.75, 3.05) is 0 Å². The van der Waals surface area contributed by atoms with Crippen LogP contribution in [0.3, 0.4) is 0 Å². The standard InChI is InChI=1S/C15H15ClINOS/c1-9(2)14(10-3-5-12(16)6-4-10)18-15(19)11-7-13(17)20-8-11/h3-9,14H,1-2H3,(H,18,19). The second kappa shape index (κ2) is 6.91. The van der Waals surface area contributed by atoms with E-state index in [1.807, 2.05) is 35.7 Å². The van der Waals surface area contributed by atoms with E-state index in [4.69, 9.17) is 11.6 Å². The summed E-state index contributed by atoms with van der Waals surface area (Å²) in [7, 11) is 0. The smallest absolute Gasteiger partial charge is 0.252 e. The first kappa shape index (κ1) is 15.8. The predicted octanol–water partition coefficient (Wildman–Crippen LogP) is 5.13. The third-order valence-electron chi connectivity index (χ3n) is 3.01. The molecule has 2 aromatic rings. The van der Waals surface area contributed by atoms with Gasteiger partial charge in [-0.05, 0) is 52.3 Å². The van der Waals surface area contributed by atoms with Crippen LogP contribution in [-0.4, -0.2) is 5.91 Å². The Balaban J connectivity index is 2.17. The monoisotopic (exact) mass is 419 g/mol. The Morgan fingerprint density at radius 1 is 1.30 bits per heavy atom. The Labute approximate surface area is 141 Å². The van der Waals surface area contributed by atoms with Gasteiger partial charge in [-0.1, -0.05) is 37.6 Å². The second-order valence-corrected chi connectivity index (χ2v) is 8.13. The number of hydrogen-bond donors (Lipinski definition) is 1. The van der Waals surface area contributed by atoms with Gasteiger partial charge in [0, 0.05) is 10.4 Å². The summed E-state index contributed by atoms with van der Waals surface area (Å²) in [5, 5.41) is 5.69. The minimum absolute atomic E-state index is 0.0164. The van der Waals surface area contributed by atoms with Gasteiger partial charge in [0.25, 0.3) is 5.91 Å². The molecule has 1 amide bonds. The van der Waals surface area contributed by atoms with Gasteiger partial charge in [-0.2, -0.15) is 0 Å². The van der Waals surface area contributed by atoms with Crippen molar-refractivity contribution < 1.29 is 4.79 Å². The van der Waals surface area contributed by atoms with Gasteiger partial charge in [-0.15, -0.1) is 11.3 Å². The molecule has 1 atom stereocenters. The normalized spacial score (nSPS) is 12.4. The molecule has 2 nitrogen and oxygen atoms in total. The number of carbonyl (C=O) groups is 1. The molecule has 1 unspecified atom stereocenters. The van der Waals surface area contributed by atoms with E-state index in [2.05, 4.69) is 41.8 Å². The zero-order chi connectivity index (χ0) is 14.7. The summed E-state index contributed by atoms with van der Waals surface area (Å²) in [5.41, 5.74) is 1.79. The molecule has 0 aliphatic heterocycles. The van der Waals surface area contributed by atoms with Gasteiger partial charge in [-0.25, -0.2) is 0 Å². The van der Waals surface area contributed by atoms with Gasteiger partial charge in [-0.3, -0.25) is 4.79 Å². The van der Waals surface area contributed by atoms with Crippen LogP contribution >= 0.6 is 45.5 Å². The lowest BCUT2D eigenvalue weighted by molar-refractivity contribution is 0.0926. The second-order valence-electron chi connectivity index (χ2n) is 4.89. The molecule has 0 radical (unpaired) electrons. The number of nitrogens with one attached hydrogen (secondary N) is 1. The highest BCUT2D eigenvalue weighted by molar-refractivity contribution is 14.1. The Kier molecular flexibility index (Phi) is 5.46. The molecule has 20 heavy (non-hydrogen) atoms. The molecular weight excluding hydrogens is 405 g/mol. The van der Waals surface area contributed by atoms with Crippen molar-refractivity contribution in [1.82, 2.24) is 5.32 Å². The zero-order valence-electron chi connectivity index (χ0n) is 11.2. The average Bonchev–Trinajstić information content (AvgIpc) is 2.83. The molecule has 0 spiro atoms. The summed E-state index contributed by atoms with van der Waals surface area (Å²) in [6.07, 6.45) is 0.